The minimum Gasteiger partial charge on any atom is -0.489 e. The monoisotopic (exact) mass is 1630 g/mol. The number of nitrogens with two attached hydrogens (primary N) is 5. The van der Waals surface area contributed by atoms with Crippen LogP contribution in [0.5, 0.6) is 5.75 Å². The summed E-state index contributed by atoms with van der Waals surface area (Å²) in [5.41, 5.74) is 28.1. The Hall–Kier alpha value is -11.5. The Morgan fingerprint density at radius 2 is 1.11 bits per heavy atom. The van der Waals surface area contributed by atoms with E-state index in [1.807, 2.05) is 37.3 Å². The number of H-pyrrole nitrogens is 1. The summed E-state index contributed by atoms with van der Waals surface area (Å²) in [5, 5.41) is 47.8. The van der Waals surface area contributed by atoms with Crippen molar-refractivity contribution in [3.05, 3.63) is 83.9 Å². The minimum atomic E-state index is -1.79. The van der Waals surface area contributed by atoms with Gasteiger partial charge in [-0.3, -0.25) is 72.3 Å². The number of carbonyl (C=O) groups excluding carboxylic acids is 13. The largest absolute Gasteiger partial charge is 0.489 e. The summed E-state index contributed by atoms with van der Waals surface area (Å²) in [4.78, 5) is 215. The second-order valence-corrected chi connectivity index (χ2v) is 30.6. The smallest absolute Gasteiger partial charge is 0.329 e. The predicted molar refractivity (Wildman–Crippen MR) is 428 cm³/mol. The first-order valence-corrected chi connectivity index (χ1v) is 40.2. The number of aliphatic hydroxyl groups is 1. The molecule has 4 saturated heterocycles. The molecule has 4 aliphatic rings. The summed E-state index contributed by atoms with van der Waals surface area (Å²) in [6, 6.07) is 2.51. The van der Waals surface area contributed by atoms with Crippen molar-refractivity contribution in [2.24, 2.45) is 44.6 Å². The number of ether oxygens (including phenoxy) is 1. The van der Waals surface area contributed by atoms with E-state index in [9.17, 15) is 77.3 Å². The van der Waals surface area contributed by atoms with E-state index in [0.717, 1.165) is 5.56 Å². The van der Waals surface area contributed by atoms with Crippen LogP contribution in [-0.4, -0.2) is 254 Å². The normalized spacial score (nSPS) is 18.7. The van der Waals surface area contributed by atoms with Gasteiger partial charge in [-0.05, 0) is 145 Å². The second kappa shape index (κ2) is 46.3. The zero-order valence-electron chi connectivity index (χ0n) is 67.1. The number of hydrogen-bond donors (Lipinski definition) is 18. The lowest BCUT2D eigenvalue weighted by atomic mass is 9.92. The van der Waals surface area contributed by atoms with Crippen molar-refractivity contribution in [3.8, 4) is 5.75 Å². The zero-order chi connectivity index (χ0) is 85.3. The van der Waals surface area contributed by atoms with E-state index in [-0.39, 0.29) is 153 Å². The third-order valence-electron chi connectivity index (χ3n) is 20.8. The van der Waals surface area contributed by atoms with Gasteiger partial charge in [-0.1, -0.05) is 76.1 Å². The molecule has 5 heterocycles. The van der Waals surface area contributed by atoms with Gasteiger partial charge in [0.2, 0.25) is 76.8 Å². The molecular formula is C78H118N22O17. The Bertz CT molecular complexity index is 3940. The second-order valence-electron chi connectivity index (χ2n) is 30.6. The van der Waals surface area contributed by atoms with E-state index in [1.54, 1.807) is 38.1 Å². The number of amides is 13. The fraction of sp³-hybridized carbons (Fsp3) is 0.603. The van der Waals surface area contributed by atoms with E-state index in [1.165, 1.54) is 34.1 Å². The molecule has 1 aromatic heterocycles. The SMILES string of the molecule is CCCC[C@H](NC(=O)[C@@H]1CCCN1C(=O)CNC(=O)[C@H](CCCCN)NC(=O)[C@H](Cc1cnc[nH]1)NC(=O)[C@H](CO)NC(=O)[C@H](CC(C)C)NC(=O)[C@H](CCCN=C(N)N)NC(=O)[C@@H]1CCCN1C(=O)[C@H](CCCN=C(N)N)NC(=O)[C@@H]1CCC(=O)N1)C(=O)N1CCC[C@H]1C(=O)N[C@](C)(Cc1ccc(OCc2ccccc2)cc1)C(=O)O. The van der Waals surface area contributed by atoms with Crippen LogP contribution >= 0.6 is 0 Å². The highest BCUT2D eigenvalue weighted by Crippen LogP contribution is 2.27. The molecule has 0 unspecified atom stereocenters. The van der Waals surface area contributed by atoms with Crippen LogP contribution in [0.3, 0.4) is 0 Å². The van der Waals surface area contributed by atoms with Crippen molar-refractivity contribution < 1.29 is 82.1 Å². The minimum absolute atomic E-state index is 0.0123. The molecule has 0 radical (unpaired) electrons. The average Bonchev–Trinajstić information content (AvgIpc) is 1.78. The lowest BCUT2D eigenvalue weighted by molar-refractivity contribution is -0.149. The number of nitrogens with one attached hydrogen (secondary N) is 11. The van der Waals surface area contributed by atoms with Crippen molar-refractivity contribution in [2.75, 3.05) is 52.4 Å². The van der Waals surface area contributed by atoms with E-state index >= 15 is 0 Å². The average molecular weight is 1640 g/mol. The van der Waals surface area contributed by atoms with E-state index < -0.39 is 162 Å². The summed E-state index contributed by atoms with van der Waals surface area (Å²) in [6.45, 7) is 6.15. The number of guanidine groups is 2. The highest BCUT2D eigenvalue weighted by atomic mass is 16.5. The molecule has 2 aromatic carbocycles. The van der Waals surface area contributed by atoms with Crippen LogP contribution < -0.4 is 86.6 Å². The maximum absolute atomic E-state index is 14.6. The van der Waals surface area contributed by atoms with Gasteiger partial charge in [0.1, 0.15) is 84.4 Å². The Morgan fingerprint density at radius 3 is 1.67 bits per heavy atom. The molecule has 7 rings (SSSR count). The Kier molecular flexibility index (Phi) is 36.7. The van der Waals surface area contributed by atoms with E-state index in [2.05, 4.69) is 73.1 Å². The summed E-state index contributed by atoms with van der Waals surface area (Å²) < 4.78 is 5.90. The van der Waals surface area contributed by atoms with Crippen LogP contribution in [0.25, 0.3) is 0 Å². The fourth-order valence-corrected chi connectivity index (χ4v) is 14.5. The van der Waals surface area contributed by atoms with Crippen molar-refractivity contribution >= 4 is 94.7 Å². The number of aliphatic hydroxyl groups excluding tert-OH is 1. The number of aromatic nitrogens is 2. The molecule has 39 heteroatoms. The molecule has 3 aromatic rings. The van der Waals surface area contributed by atoms with Gasteiger partial charge in [-0.15, -0.1) is 0 Å². The first-order valence-electron chi connectivity index (χ1n) is 40.2. The van der Waals surface area contributed by atoms with Gasteiger partial charge in [0.25, 0.3) is 0 Å². The van der Waals surface area contributed by atoms with Gasteiger partial charge in [-0.2, -0.15) is 0 Å². The zero-order valence-corrected chi connectivity index (χ0v) is 67.1. The summed E-state index contributed by atoms with van der Waals surface area (Å²) >= 11 is 0. The van der Waals surface area contributed by atoms with Crippen molar-refractivity contribution in [3.63, 3.8) is 0 Å². The first-order chi connectivity index (χ1) is 55.9. The molecule has 39 nitrogen and oxygen atoms in total. The Morgan fingerprint density at radius 1 is 0.598 bits per heavy atom. The number of benzene rings is 2. The van der Waals surface area contributed by atoms with Gasteiger partial charge >= 0.3 is 5.97 Å². The molecule has 12 atom stereocenters. The third-order valence-corrected chi connectivity index (χ3v) is 20.8. The van der Waals surface area contributed by atoms with Gasteiger partial charge in [-0.25, -0.2) is 9.78 Å². The molecule has 0 spiro atoms. The van der Waals surface area contributed by atoms with Crippen molar-refractivity contribution in [1.29, 1.82) is 0 Å². The first kappa shape index (κ1) is 92.7. The van der Waals surface area contributed by atoms with Crippen LogP contribution in [-0.2, 0) is 86.6 Å². The number of imidazole rings is 1. The number of nitrogens with zero attached hydrogens (tertiary/aromatic N) is 6. The number of aromatic amines is 1. The van der Waals surface area contributed by atoms with E-state index in [0.29, 0.717) is 68.6 Å². The number of carboxylic acid groups (broad SMARTS) is 1. The van der Waals surface area contributed by atoms with Gasteiger partial charge in [0, 0.05) is 63.9 Å². The van der Waals surface area contributed by atoms with Gasteiger partial charge in [0.05, 0.1) is 19.5 Å². The number of hydrogen-bond acceptors (Lipinski definition) is 20. The quantitative estimate of drug-likeness (QED) is 0.0152. The molecule has 4 fully saturated rings. The summed E-state index contributed by atoms with van der Waals surface area (Å²) in [5.74, 6) is -10.9. The fourth-order valence-electron chi connectivity index (χ4n) is 14.5. The topological polar surface area (TPSA) is 602 Å². The van der Waals surface area contributed by atoms with E-state index in [4.69, 9.17) is 33.4 Å². The maximum Gasteiger partial charge on any atom is 0.329 e. The maximum atomic E-state index is 14.6. The molecule has 13 amide bonds. The molecule has 4 aliphatic heterocycles. The van der Waals surface area contributed by atoms with Crippen molar-refractivity contribution in [2.45, 2.75) is 241 Å². The number of likely N-dealkylation sites (tertiary alicyclic amines) is 3. The molecule has 23 N–H and O–H groups in total. The lowest BCUT2D eigenvalue weighted by Crippen LogP contribution is -2.61. The summed E-state index contributed by atoms with van der Waals surface area (Å²) in [7, 11) is 0. The van der Waals surface area contributed by atoms with Crippen LogP contribution in [0.1, 0.15) is 167 Å². The highest BCUT2D eigenvalue weighted by molar-refractivity contribution is 6.00. The summed E-state index contributed by atoms with van der Waals surface area (Å²) in [6.07, 6.45) is 6.70. The molecule has 642 valence electrons. The number of unbranched alkanes of at least 4 members (excludes halogenated alkanes) is 2. The number of aliphatic carboxylic acids is 1. The Balaban J connectivity index is 0.975. The van der Waals surface area contributed by atoms with Crippen molar-refractivity contribution in [1.82, 2.24) is 77.8 Å². The number of carbonyl (C=O) groups is 14. The van der Waals surface area contributed by atoms with Crippen LogP contribution in [0.15, 0.2) is 77.1 Å². The highest BCUT2D eigenvalue weighted by Gasteiger charge is 2.45. The molecule has 0 aliphatic carbocycles. The van der Waals surface area contributed by atoms with Crippen LogP contribution in [0, 0.1) is 5.92 Å². The van der Waals surface area contributed by atoms with Gasteiger partial charge < -0.3 is 116 Å². The van der Waals surface area contributed by atoms with Gasteiger partial charge in [0.15, 0.2) is 11.9 Å². The third kappa shape index (κ3) is 28.7. The molecule has 0 bridgehead atoms. The number of carboxylic acids is 1. The number of rotatable bonds is 47. The lowest BCUT2D eigenvalue weighted by Gasteiger charge is -2.33. The standard InChI is InChI=1S/C78H118N22O17/c1-5-6-19-54(73(113)100-37-16-25-61(100)72(112)97-78(4,75(115)116)40-47-26-28-50(29-27-47)117-44-48-17-8-7-9-18-48)93-70(110)59-23-14-35-98(59)63(103)42-87-64(104)51(20-10-11-32-79)90-68(108)57(39-49-41-84-45-88-49)95-69(109)58(43-101)96-67(107)56(38-46(2)3)94-65(105)52(21-12-33-85-76(80)81)91-71(111)60-24-15-36-99(60)74(114)55(22-13-34-86-77(82)83)92-66(106)53-30-31-62(102)89-53/h7-9,17-18,26-29,41,45-46,51-61,101H,5-6,10-16,19-25,30-40,42-44,79H2,1-4H3,(H,84,88)(H,87,104)(H,89,102)(H,90,108)(H,91,111)(H,92,106)(H,93,110)(H,94,105)(H,95,109)(H,96,107)(H,97,112)(H,115,116)(H4,80,81,85)(H4,82,83,86)/t51-,52-,53-,54-,55-,56-,57-,58-,59-,60-,61-,78+/m0/s1. The molecular weight excluding hydrogens is 1520 g/mol. The Labute approximate surface area is 679 Å². The van der Waals surface area contributed by atoms with Crippen LogP contribution in [0.4, 0.5) is 0 Å². The molecule has 0 saturated carbocycles. The van der Waals surface area contributed by atoms with Crippen LogP contribution in [0.2, 0.25) is 0 Å². The number of aliphatic imine (C=N–C) groups is 2. The molecule has 117 heavy (non-hydrogen) atoms. The predicted octanol–water partition coefficient (Wildman–Crippen LogP) is -3.04.